The molecule has 1 fully saturated rings. The van der Waals surface area contributed by atoms with Gasteiger partial charge in [0.1, 0.15) is 0 Å². The van der Waals surface area contributed by atoms with E-state index in [1.54, 1.807) is 7.05 Å². The number of halogens is 1. The highest BCUT2D eigenvalue weighted by Crippen LogP contribution is 2.20. The Labute approximate surface area is 175 Å². The van der Waals surface area contributed by atoms with Gasteiger partial charge in [0.05, 0.1) is 0 Å². The summed E-state index contributed by atoms with van der Waals surface area (Å²) in [7, 11) is 1.80. The number of amides is 1. The minimum absolute atomic E-state index is 0. The van der Waals surface area contributed by atoms with Gasteiger partial charge in [-0.1, -0.05) is 51.1 Å². The molecule has 0 spiro atoms. The number of hydrogen-bond donors (Lipinski definition) is 2. The van der Waals surface area contributed by atoms with E-state index in [0.717, 1.165) is 38.4 Å². The van der Waals surface area contributed by atoms with Gasteiger partial charge in [0.2, 0.25) is 5.91 Å². The summed E-state index contributed by atoms with van der Waals surface area (Å²) in [5.41, 5.74) is 1.47. The van der Waals surface area contributed by atoms with E-state index < -0.39 is 0 Å². The summed E-state index contributed by atoms with van der Waals surface area (Å²) in [5.74, 6) is 1.05. The topological polar surface area (TPSA) is 56.7 Å². The Hall–Kier alpha value is -1.31. The Balaban J connectivity index is 0.00000338. The molecular formula is C20H33IN4O. The minimum Gasteiger partial charge on any atom is -0.356 e. The van der Waals surface area contributed by atoms with Gasteiger partial charge in [-0.3, -0.25) is 9.79 Å². The van der Waals surface area contributed by atoms with E-state index in [2.05, 4.69) is 59.8 Å². The van der Waals surface area contributed by atoms with Crippen molar-refractivity contribution in [2.45, 2.75) is 46.1 Å². The second-order valence-corrected chi connectivity index (χ2v) is 7.58. The van der Waals surface area contributed by atoms with Crippen LogP contribution in [0.15, 0.2) is 35.3 Å². The Morgan fingerprint density at radius 3 is 2.62 bits per heavy atom. The van der Waals surface area contributed by atoms with Crippen molar-refractivity contribution in [2.24, 2.45) is 10.4 Å². The number of hydrogen-bond acceptors (Lipinski definition) is 2. The quantitative estimate of drug-likeness (QED) is 0.380. The number of carbonyl (C=O) groups excluding carboxylic acids is 1. The summed E-state index contributed by atoms with van der Waals surface area (Å²) in [6, 6.07) is 10.8. The molecule has 0 saturated carbocycles. The first kappa shape index (κ1) is 22.7. The highest BCUT2D eigenvalue weighted by atomic mass is 127. The number of likely N-dealkylation sites (tertiary alicyclic amines) is 1. The summed E-state index contributed by atoms with van der Waals surface area (Å²) in [6.45, 7) is 8.88. The summed E-state index contributed by atoms with van der Waals surface area (Å²) in [5, 5.41) is 6.91. The van der Waals surface area contributed by atoms with Crippen molar-refractivity contribution in [3.63, 3.8) is 0 Å². The Morgan fingerprint density at radius 1 is 1.31 bits per heavy atom. The van der Waals surface area contributed by atoms with Gasteiger partial charge in [-0.2, -0.15) is 0 Å². The fourth-order valence-electron chi connectivity index (χ4n) is 3.25. The summed E-state index contributed by atoms with van der Waals surface area (Å²) in [4.78, 5) is 18.1. The molecule has 1 amide bonds. The summed E-state index contributed by atoms with van der Waals surface area (Å²) in [6.07, 6.45) is 2.56. The summed E-state index contributed by atoms with van der Waals surface area (Å²) >= 11 is 0. The SMILES string of the molecule is CCC(=O)N1CCC(NC(=NC)NCC(C)(C)Cc2ccccc2)C1.I. The van der Waals surface area contributed by atoms with Crippen LogP contribution in [0.25, 0.3) is 0 Å². The van der Waals surface area contributed by atoms with E-state index in [9.17, 15) is 4.79 Å². The van der Waals surface area contributed by atoms with Crippen molar-refractivity contribution in [3.05, 3.63) is 35.9 Å². The van der Waals surface area contributed by atoms with Gasteiger partial charge in [-0.15, -0.1) is 24.0 Å². The molecule has 1 heterocycles. The Morgan fingerprint density at radius 2 is 2.00 bits per heavy atom. The fraction of sp³-hybridized carbons (Fsp3) is 0.600. The van der Waals surface area contributed by atoms with E-state index >= 15 is 0 Å². The van der Waals surface area contributed by atoms with E-state index in [4.69, 9.17) is 0 Å². The zero-order chi connectivity index (χ0) is 18.3. The first-order chi connectivity index (χ1) is 11.9. The van der Waals surface area contributed by atoms with Gasteiger partial charge in [0.15, 0.2) is 5.96 Å². The molecule has 5 nitrogen and oxygen atoms in total. The number of rotatable bonds is 6. The van der Waals surface area contributed by atoms with Gasteiger partial charge in [0.25, 0.3) is 0 Å². The fourth-order valence-corrected chi connectivity index (χ4v) is 3.25. The van der Waals surface area contributed by atoms with E-state index in [0.29, 0.717) is 6.42 Å². The molecule has 0 aliphatic carbocycles. The molecule has 1 saturated heterocycles. The lowest BCUT2D eigenvalue weighted by atomic mass is 9.86. The number of nitrogens with one attached hydrogen (secondary N) is 2. The molecule has 1 aromatic rings. The molecule has 146 valence electrons. The molecule has 2 N–H and O–H groups in total. The average molecular weight is 472 g/mol. The highest BCUT2D eigenvalue weighted by molar-refractivity contribution is 14.0. The second kappa shape index (κ2) is 10.7. The Kier molecular flexibility index (Phi) is 9.39. The van der Waals surface area contributed by atoms with Crippen LogP contribution in [0.1, 0.15) is 39.2 Å². The molecule has 1 aromatic carbocycles. The maximum atomic E-state index is 11.8. The van der Waals surface area contributed by atoms with Gasteiger partial charge in [-0.25, -0.2) is 0 Å². The molecule has 1 unspecified atom stereocenters. The van der Waals surface area contributed by atoms with Crippen LogP contribution in [0.3, 0.4) is 0 Å². The number of guanidine groups is 1. The van der Waals surface area contributed by atoms with Crippen molar-refractivity contribution < 1.29 is 4.79 Å². The molecule has 1 atom stereocenters. The van der Waals surface area contributed by atoms with Crippen LogP contribution in [-0.4, -0.2) is 49.5 Å². The van der Waals surface area contributed by atoms with Crippen molar-refractivity contribution in [2.75, 3.05) is 26.7 Å². The molecule has 0 radical (unpaired) electrons. The van der Waals surface area contributed by atoms with Gasteiger partial charge >= 0.3 is 0 Å². The smallest absolute Gasteiger partial charge is 0.222 e. The molecule has 0 bridgehead atoms. The third-order valence-electron chi connectivity index (χ3n) is 4.67. The second-order valence-electron chi connectivity index (χ2n) is 7.58. The van der Waals surface area contributed by atoms with Crippen molar-refractivity contribution in [3.8, 4) is 0 Å². The average Bonchev–Trinajstić information content (AvgIpc) is 3.07. The first-order valence-electron chi connectivity index (χ1n) is 9.22. The van der Waals surface area contributed by atoms with E-state index in [-0.39, 0.29) is 41.3 Å². The van der Waals surface area contributed by atoms with Crippen LogP contribution in [0, 0.1) is 5.41 Å². The number of benzene rings is 1. The lowest BCUT2D eigenvalue weighted by Gasteiger charge is -2.27. The monoisotopic (exact) mass is 472 g/mol. The molecule has 2 rings (SSSR count). The number of aliphatic imine (C=N–C) groups is 1. The minimum atomic E-state index is 0. The number of nitrogens with zero attached hydrogens (tertiary/aromatic N) is 2. The lowest BCUT2D eigenvalue weighted by molar-refractivity contribution is -0.129. The highest BCUT2D eigenvalue weighted by Gasteiger charge is 2.26. The molecule has 1 aliphatic heterocycles. The van der Waals surface area contributed by atoms with Crippen LogP contribution in [-0.2, 0) is 11.2 Å². The maximum Gasteiger partial charge on any atom is 0.222 e. The predicted molar refractivity (Wildman–Crippen MR) is 119 cm³/mol. The molecule has 6 heteroatoms. The first-order valence-corrected chi connectivity index (χ1v) is 9.22. The van der Waals surface area contributed by atoms with E-state index in [1.165, 1.54) is 5.56 Å². The molecule has 1 aliphatic rings. The van der Waals surface area contributed by atoms with E-state index in [1.807, 2.05) is 11.8 Å². The standard InChI is InChI=1S/C20H32N4O.HI/c1-5-18(25)24-12-11-17(14-24)23-19(21-4)22-15-20(2,3)13-16-9-7-6-8-10-16;/h6-10,17H,5,11-15H2,1-4H3,(H2,21,22,23);1H. The molecule has 0 aromatic heterocycles. The third kappa shape index (κ3) is 7.13. The van der Waals surface area contributed by atoms with Crippen LogP contribution >= 0.6 is 24.0 Å². The van der Waals surface area contributed by atoms with Crippen LogP contribution in [0.2, 0.25) is 0 Å². The van der Waals surface area contributed by atoms with Crippen LogP contribution in [0.5, 0.6) is 0 Å². The third-order valence-corrected chi connectivity index (χ3v) is 4.67. The lowest BCUT2D eigenvalue weighted by Crippen LogP contribution is -2.47. The molecular weight excluding hydrogens is 439 g/mol. The van der Waals surface area contributed by atoms with Crippen molar-refractivity contribution >= 4 is 35.8 Å². The van der Waals surface area contributed by atoms with Gasteiger partial charge in [0, 0.05) is 39.1 Å². The Bertz CT molecular complexity index is 589. The predicted octanol–water partition coefficient (Wildman–Crippen LogP) is 3.05. The van der Waals surface area contributed by atoms with Crippen LogP contribution in [0.4, 0.5) is 0 Å². The zero-order valence-electron chi connectivity index (χ0n) is 16.4. The summed E-state index contributed by atoms with van der Waals surface area (Å²) < 4.78 is 0. The largest absolute Gasteiger partial charge is 0.356 e. The van der Waals surface area contributed by atoms with Crippen molar-refractivity contribution in [1.29, 1.82) is 0 Å². The number of carbonyl (C=O) groups is 1. The van der Waals surface area contributed by atoms with Crippen LogP contribution < -0.4 is 10.6 Å². The van der Waals surface area contributed by atoms with Crippen molar-refractivity contribution in [1.82, 2.24) is 15.5 Å². The van der Waals surface area contributed by atoms with Gasteiger partial charge in [-0.05, 0) is 23.8 Å². The molecule has 26 heavy (non-hydrogen) atoms. The normalized spacial score (nSPS) is 17.6. The maximum absolute atomic E-state index is 11.8. The zero-order valence-corrected chi connectivity index (χ0v) is 18.7. The van der Waals surface area contributed by atoms with Gasteiger partial charge < -0.3 is 15.5 Å².